The fourth-order valence-corrected chi connectivity index (χ4v) is 1.35. The summed E-state index contributed by atoms with van der Waals surface area (Å²) in [5, 5.41) is 9.00. The number of carbonyl (C=O) groups excluding carboxylic acids is 1. The number of aromatic nitrogens is 2. The SMILES string of the molecule is COCC(Br)CNC(=O)c1cn[nH]c1. The summed E-state index contributed by atoms with van der Waals surface area (Å²) in [5.41, 5.74) is 0.530. The molecule has 0 aliphatic rings. The van der Waals surface area contributed by atoms with E-state index < -0.39 is 0 Å². The molecule has 1 rings (SSSR count). The van der Waals surface area contributed by atoms with Crippen LogP contribution in [0.3, 0.4) is 0 Å². The zero-order chi connectivity index (χ0) is 10.4. The summed E-state index contributed by atoms with van der Waals surface area (Å²) in [7, 11) is 1.62. The minimum absolute atomic E-state index is 0.128. The molecule has 1 aromatic rings. The molecule has 0 saturated carbocycles. The molecule has 1 amide bonds. The minimum atomic E-state index is -0.140. The molecular weight excluding hydrogens is 250 g/mol. The number of carbonyl (C=O) groups is 1. The second-order valence-corrected chi connectivity index (χ2v) is 4.04. The van der Waals surface area contributed by atoms with Gasteiger partial charge in [0.2, 0.25) is 0 Å². The molecule has 5 nitrogen and oxygen atoms in total. The second-order valence-electron chi connectivity index (χ2n) is 2.75. The number of hydrogen-bond donors (Lipinski definition) is 2. The average molecular weight is 262 g/mol. The third-order valence-electron chi connectivity index (χ3n) is 1.59. The van der Waals surface area contributed by atoms with Crippen molar-refractivity contribution in [2.24, 2.45) is 0 Å². The number of methoxy groups -OCH3 is 1. The van der Waals surface area contributed by atoms with E-state index in [-0.39, 0.29) is 10.7 Å². The van der Waals surface area contributed by atoms with E-state index in [1.54, 1.807) is 13.3 Å². The van der Waals surface area contributed by atoms with Crippen LogP contribution in [0.5, 0.6) is 0 Å². The average Bonchev–Trinajstić information content (AvgIpc) is 2.67. The Labute approximate surface area is 90.3 Å². The predicted molar refractivity (Wildman–Crippen MR) is 55.5 cm³/mol. The highest BCUT2D eigenvalue weighted by molar-refractivity contribution is 9.09. The molecule has 14 heavy (non-hydrogen) atoms. The predicted octanol–water partition coefficient (Wildman–Crippen LogP) is 0.549. The van der Waals surface area contributed by atoms with Crippen LogP contribution in [0.2, 0.25) is 0 Å². The lowest BCUT2D eigenvalue weighted by atomic mass is 10.3. The first-order chi connectivity index (χ1) is 6.74. The first kappa shape index (κ1) is 11.2. The number of amides is 1. The van der Waals surface area contributed by atoms with Crippen molar-refractivity contribution in [3.8, 4) is 0 Å². The van der Waals surface area contributed by atoms with Gasteiger partial charge >= 0.3 is 0 Å². The van der Waals surface area contributed by atoms with Crippen molar-refractivity contribution in [2.75, 3.05) is 20.3 Å². The van der Waals surface area contributed by atoms with Crippen molar-refractivity contribution in [1.29, 1.82) is 0 Å². The highest BCUT2D eigenvalue weighted by atomic mass is 79.9. The number of nitrogens with one attached hydrogen (secondary N) is 2. The lowest BCUT2D eigenvalue weighted by Crippen LogP contribution is -2.31. The zero-order valence-electron chi connectivity index (χ0n) is 7.79. The van der Waals surface area contributed by atoms with Gasteiger partial charge in [0.15, 0.2) is 0 Å². The van der Waals surface area contributed by atoms with Gasteiger partial charge in [0, 0.05) is 19.9 Å². The maximum Gasteiger partial charge on any atom is 0.254 e. The topological polar surface area (TPSA) is 67.0 Å². The van der Waals surface area contributed by atoms with Crippen LogP contribution in [0.4, 0.5) is 0 Å². The Morgan fingerprint density at radius 2 is 2.64 bits per heavy atom. The first-order valence-electron chi connectivity index (χ1n) is 4.14. The zero-order valence-corrected chi connectivity index (χ0v) is 9.37. The van der Waals surface area contributed by atoms with Gasteiger partial charge in [-0.25, -0.2) is 0 Å². The van der Waals surface area contributed by atoms with E-state index in [4.69, 9.17) is 4.74 Å². The summed E-state index contributed by atoms with van der Waals surface area (Å²) in [4.78, 5) is 11.5. The number of rotatable bonds is 5. The van der Waals surface area contributed by atoms with Crippen molar-refractivity contribution in [2.45, 2.75) is 4.83 Å². The fourth-order valence-electron chi connectivity index (χ4n) is 0.920. The van der Waals surface area contributed by atoms with Crippen molar-refractivity contribution in [3.63, 3.8) is 0 Å². The Morgan fingerprint density at radius 3 is 3.21 bits per heavy atom. The van der Waals surface area contributed by atoms with Gasteiger partial charge in [0.1, 0.15) is 0 Å². The molecule has 0 saturated heterocycles. The van der Waals surface area contributed by atoms with E-state index in [9.17, 15) is 4.79 Å². The van der Waals surface area contributed by atoms with E-state index in [2.05, 4.69) is 31.4 Å². The van der Waals surface area contributed by atoms with Crippen LogP contribution >= 0.6 is 15.9 Å². The monoisotopic (exact) mass is 261 g/mol. The molecule has 0 aliphatic heterocycles. The van der Waals surface area contributed by atoms with Crippen LogP contribution in [-0.2, 0) is 4.74 Å². The number of halogens is 1. The first-order valence-corrected chi connectivity index (χ1v) is 5.05. The molecule has 1 aromatic heterocycles. The van der Waals surface area contributed by atoms with Crippen LogP contribution in [0.15, 0.2) is 12.4 Å². The molecule has 0 aromatic carbocycles. The minimum Gasteiger partial charge on any atom is -0.383 e. The van der Waals surface area contributed by atoms with Gasteiger partial charge in [0.05, 0.1) is 23.2 Å². The van der Waals surface area contributed by atoms with Gasteiger partial charge in [-0.15, -0.1) is 0 Å². The van der Waals surface area contributed by atoms with Gasteiger partial charge < -0.3 is 10.1 Å². The van der Waals surface area contributed by atoms with Gasteiger partial charge in [-0.3, -0.25) is 9.89 Å². The molecular formula is C8H12BrN3O2. The smallest absolute Gasteiger partial charge is 0.254 e. The van der Waals surface area contributed by atoms with Crippen molar-refractivity contribution < 1.29 is 9.53 Å². The van der Waals surface area contributed by atoms with Gasteiger partial charge in [-0.1, -0.05) is 15.9 Å². The van der Waals surface area contributed by atoms with Crippen molar-refractivity contribution in [3.05, 3.63) is 18.0 Å². The molecule has 0 aliphatic carbocycles. The van der Waals surface area contributed by atoms with Crippen LogP contribution in [0.25, 0.3) is 0 Å². The summed E-state index contributed by atoms with van der Waals surface area (Å²) in [6.45, 7) is 1.09. The van der Waals surface area contributed by atoms with Crippen LogP contribution < -0.4 is 5.32 Å². The third-order valence-corrected chi connectivity index (χ3v) is 2.18. The Bertz CT molecular complexity index is 276. The van der Waals surface area contributed by atoms with Crippen LogP contribution in [0.1, 0.15) is 10.4 Å². The fraction of sp³-hybridized carbons (Fsp3) is 0.500. The van der Waals surface area contributed by atoms with Gasteiger partial charge in [0.25, 0.3) is 5.91 Å². The van der Waals surface area contributed by atoms with Crippen LogP contribution in [0, 0.1) is 0 Å². The Balaban J connectivity index is 2.28. The quantitative estimate of drug-likeness (QED) is 0.761. The van der Waals surface area contributed by atoms with E-state index in [1.807, 2.05) is 0 Å². The number of aromatic amines is 1. The molecule has 6 heteroatoms. The molecule has 1 heterocycles. The lowest BCUT2D eigenvalue weighted by molar-refractivity contribution is 0.0950. The van der Waals surface area contributed by atoms with Crippen molar-refractivity contribution in [1.82, 2.24) is 15.5 Å². The molecule has 0 bridgehead atoms. The van der Waals surface area contributed by atoms with Crippen molar-refractivity contribution >= 4 is 21.8 Å². The summed E-state index contributed by atoms with van der Waals surface area (Å²) in [5.74, 6) is -0.140. The number of alkyl halides is 1. The standard InChI is InChI=1S/C8H12BrN3O2/c1-14-5-7(9)4-10-8(13)6-2-11-12-3-6/h2-3,7H,4-5H2,1H3,(H,10,13)(H,11,12). The van der Waals surface area contributed by atoms with E-state index in [0.29, 0.717) is 18.7 Å². The molecule has 2 N–H and O–H groups in total. The Hall–Kier alpha value is -0.880. The summed E-state index contributed by atoms with van der Waals surface area (Å²) < 4.78 is 4.91. The van der Waals surface area contributed by atoms with Gasteiger partial charge in [-0.05, 0) is 0 Å². The highest BCUT2D eigenvalue weighted by Crippen LogP contribution is 1.99. The summed E-state index contributed by atoms with van der Waals surface area (Å²) in [6.07, 6.45) is 3.03. The number of hydrogen-bond acceptors (Lipinski definition) is 3. The normalized spacial score (nSPS) is 12.4. The largest absolute Gasteiger partial charge is 0.383 e. The Kier molecular flexibility index (Phi) is 4.61. The summed E-state index contributed by atoms with van der Waals surface area (Å²) in [6, 6.07) is 0. The third kappa shape index (κ3) is 3.47. The summed E-state index contributed by atoms with van der Waals surface area (Å²) >= 11 is 3.37. The Morgan fingerprint density at radius 1 is 1.86 bits per heavy atom. The highest BCUT2D eigenvalue weighted by Gasteiger charge is 2.08. The number of nitrogens with zero attached hydrogens (tertiary/aromatic N) is 1. The van der Waals surface area contributed by atoms with E-state index in [1.165, 1.54) is 6.20 Å². The maximum absolute atomic E-state index is 11.4. The van der Waals surface area contributed by atoms with E-state index >= 15 is 0 Å². The molecule has 0 radical (unpaired) electrons. The maximum atomic E-state index is 11.4. The second kappa shape index (κ2) is 5.77. The van der Waals surface area contributed by atoms with E-state index in [0.717, 1.165) is 0 Å². The molecule has 1 unspecified atom stereocenters. The van der Waals surface area contributed by atoms with Crippen LogP contribution in [-0.4, -0.2) is 41.2 Å². The molecule has 0 spiro atoms. The number of H-pyrrole nitrogens is 1. The lowest BCUT2D eigenvalue weighted by Gasteiger charge is -2.08. The molecule has 1 atom stereocenters. The molecule has 78 valence electrons. The van der Waals surface area contributed by atoms with Gasteiger partial charge in [-0.2, -0.15) is 5.10 Å². The molecule has 0 fully saturated rings. The number of ether oxygens (including phenoxy) is 1.